The summed E-state index contributed by atoms with van der Waals surface area (Å²) in [4.78, 5) is 1.37. The van der Waals surface area contributed by atoms with Crippen molar-refractivity contribution in [1.82, 2.24) is 0 Å². The first kappa shape index (κ1) is 9.22. The van der Waals surface area contributed by atoms with Crippen LogP contribution in [0.5, 0.6) is 0 Å². The van der Waals surface area contributed by atoms with Crippen LogP contribution in [-0.4, -0.2) is 0 Å². The van der Waals surface area contributed by atoms with E-state index in [1.807, 2.05) is 11.3 Å². The van der Waals surface area contributed by atoms with Crippen molar-refractivity contribution in [2.45, 2.75) is 38.6 Å². The molecule has 0 aromatic carbocycles. The third kappa shape index (κ3) is 2.12. The Morgan fingerprint density at radius 1 is 1.62 bits per heavy atom. The molecule has 0 saturated heterocycles. The van der Waals surface area contributed by atoms with E-state index in [1.54, 1.807) is 0 Å². The molecule has 2 rings (SSSR count). The van der Waals surface area contributed by atoms with Gasteiger partial charge in [0.25, 0.3) is 0 Å². The van der Waals surface area contributed by atoms with Crippen LogP contribution < -0.4 is 5.73 Å². The van der Waals surface area contributed by atoms with E-state index in [2.05, 4.69) is 18.4 Å². The molecule has 1 fully saturated rings. The molecule has 0 radical (unpaired) electrons. The van der Waals surface area contributed by atoms with Gasteiger partial charge < -0.3 is 5.73 Å². The highest BCUT2D eigenvalue weighted by atomic mass is 32.1. The van der Waals surface area contributed by atoms with Gasteiger partial charge in [-0.2, -0.15) is 0 Å². The van der Waals surface area contributed by atoms with Gasteiger partial charge in [0.2, 0.25) is 0 Å². The zero-order valence-electron chi connectivity index (χ0n) is 8.12. The third-order valence-electron chi connectivity index (χ3n) is 2.93. The van der Waals surface area contributed by atoms with Crippen LogP contribution in [0.1, 0.15) is 42.2 Å². The fourth-order valence-corrected chi connectivity index (χ4v) is 2.77. The zero-order valence-corrected chi connectivity index (χ0v) is 8.94. The van der Waals surface area contributed by atoms with Crippen LogP contribution in [0.2, 0.25) is 0 Å². The molecule has 1 aromatic rings. The minimum absolute atomic E-state index is 0.295. The third-order valence-corrected chi connectivity index (χ3v) is 4.11. The van der Waals surface area contributed by atoms with E-state index in [0.29, 0.717) is 6.04 Å². The van der Waals surface area contributed by atoms with Gasteiger partial charge in [-0.05, 0) is 36.3 Å². The van der Waals surface area contributed by atoms with Crippen LogP contribution in [0.4, 0.5) is 0 Å². The molecule has 1 saturated carbocycles. The predicted molar refractivity (Wildman–Crippen MR) is 57.9 cm³/mol. The molecule has 1 heterocycles. The number of hydrogen-bond acceptors (Lipinski definition) is 2. The van der Waals surface area contributed by atoms with E-state index in [0.717, 1.165) is 5.92 Å². The summed E-state index contributed by atoms with van der Waals surface area (Å²) in [5, 5.41) is 2.19. The van der Waals surface area contributed by atoms with Crippen LogP contribution in [0.3, 0.4) is 0 Å². The first-order chi connectivity index (χ1) is 6.25. The highest BCUT2D eigenvalue weighted by molar-refractivity contribution is 7.10. The average molecular weight is 195 g/mol. The van der Waals surface area contributed by atoms with Gasteiger partial charge in [0, 0.05) is 10.9 Å². The van der Waals surface area contributed by atoms with Crippen molar-refractivity contribution in [3.05, 3.63) is 21.9 Å². The number of aryl methyl sites for hydroxylation is 1. The highest BCUT2D eigenvalue weighted by Gasteiger charge is 2.21. The van der Waals surface area contributed by atoms with Gasteiger partial charge in [-0.25, -0.2) is 0 Å². The van der Waals surface area contributed by atoms with Crippen molar-refractivity contribution >= 4 is 11.3 Å². The van der Waals surface area contributed by atoms with E-state index in [1.165, 1.54) is 36.1 Å². The van der Waals surface area contributed by atoms with Crippen molar-refractivity contribution in [2.75, 3.05) is 0 Å². The first-order valence-corrected chi connectivity index (χ1v) is 5.94. The van der Waals surface area contributed by atoms with E-state index in [9.17, 15) is 0 Å². The molecule has 1 nitrogen and oxygen atoms in total. The number of hydrogen-bond donors (Lipinski definition) is 1. The number of nitrogens with two attached hydrogens (primary N) is 1. The molecular weight excluding hydrogens is 178 g/mol. The summed E-state index contributed by atoms with van der Waals surface area (Å²) in [6, 6.07) is 2.53. The normalized spacial score (nSPS) is 19.8. The second-order valence-corrected chi connectivity index (χ2v) is 5.11. The van der Waals surface area contributed by atoms with Crippen LogP contribution in [-0.2, 0) is 0 Å². The van der Waals surface area contributed by atoms with Gasteiger partial charge in [-0.15, -0.1) is 11.3 Å². The fourth-order valence-electron chi connectivity index (χ4n) is 1.85. The maximum absolute atomic E-state index is 6.13. The summed E-state index contributed by atoms with van der Waals surface area (Å²) < 4.78 is 0. The molecule has 0 amide bonds. The van der Waals surface area contributed by atoms with Crippen molar-refractivity contribution in [1.29, 1.82) is 0 Å². The van der Waals surface area contributed by atoms with Crippen molar-refractivity contribution in [2.24, 2.45) is 11.7 Å². The zero-order chi connectivity index (χ0) is 9.26. The second-order valence-electron chi connectivity index (χ2n) is 4.17. The minimum atomic E-state index is 0.295. The second kappa shape index (κ2) is 3.81. The van der Waals surface area contributed by atoms with E-state index >= 15 is 0 Å². The number of rotatable bonds is 3. The summed E-state index contributed by atoms with van der Waals surface area (Å²) in [5.74, 6) is 0.914. The molecule has 1 atom stereocenters. The van der Waals surface area contributed by atoms with Gasteiger partial charge in [0.15, 0.2) is 0 Å². The summed E-state index contributed by atoms with van der Waals surface area (Å²) in [6.07, 6.45) is 5.41. The minimum Gasteiger partial charge on any atom is -0.323 e. The molecule has 0 spiro atoms. The summed E-state index contributed by atoms with van der Waals surface area (Å²) in [5.41, 5.74) is 7.48. The van der Waals surface area contributed by atoms with E-state index in [-0.39, 0.29) is 0 Å². The average Bonchev–Trinajstić information content (AvgIpc) is 2.44. The summed E-state index contributed by atoms with van der Waals surface area (Å²) in [7, 11) is 0. The van der Waals surface area contributed by atoms with Crippen LogP contribution >= 0.6 is 11.3 Å². The van der Waals surface area contributed by atoms with Gasteiger partial charge in [-0.1, -0.05) is 19.3 Å². The SMILES string of the molecule is Cc1csc(C(N)CC2CCC2)c1. The molecular formula is C11H17NS. The lowest BCUT2D eigenvalue weighted by molar-refractivity contribution is 0.278. The standard InChI is InChI=1S/C11H17NS/c1-8-5-11(13-7-8)10(12)6-9-3-2-4-9/h5,7,9-10H,2-4,6,12H2,1H3. The van der Waals surface area contributed by atoms with Gasteiger partial charge in [0.05, 0.1) is 0 Å². The maximum Gasteiger partial charge on any atom is 0.0392 e. The Morgan fingerprint density at radius 2 is 2.38 bits per heavy atom. The van der Waals surface area contributed by atoms with Crippen molar-refractivity contribution < 1.29 is 0 Å². The Bertz CT molecular complexity index is 275. The van der Waals surface area contributed by atoms with Crippen LogP contribution in [0, 0.1) is 12.8 Å². The predicted octanol–water partition coefficient (Wildman–Crippen LogP) is 3.25. The molecule has 1 aliphatic carbocycles. The Labute approximate surface area is 84.0 Å². The molecule has 1 aliphatic rings. The monoisotopic (exact) mass is 195 g/mol. The van der Waals surface area contributed by atoms with Gasteiger partial charge in [0.1, 0.15) is 0 Å². The largest absolute Gasteiger partial charge is 0.323 e. The quantitative estimate of drug-likeness (QED) is 0.787. The molecule has 0 bridgehead atoms. The molecule has 2 heteroatoms. The molecule has 0 aliphatic heterocycles. The smallest absolute Gasteiger partial charge is 0.0392 e. The van der Waals surface area contributed by atoms with Crippen molar-refractivity contribution in [3.63, 3.8) is 0 Å². The van der Waals surface area contributed by atoms with E-state index in [4.69, 9.17) is 5.73 Å². The Hall–Kier alpha value is -0.340. The fraction of sp³-hybridized carbons (Fsp3) is 0.636. The highest BCUT2D eigenvalue weighted by Crippen LogP contribution is 2.35. The lowest BCUT2D eigenvalue weighted by Crippen LogP contribution is -2.19. The maximum atomic E-state index is 6.13. The van der Waals surface area contributed by atoms with Crippen LogP contribution in [0.25, 0.3) is 0 Å². The lowest BCUT2D eigenvalue weighted by atomic mass is 9.81. The molecule has 1 aromatic heterocycles. The summed E-state index contributed by atoms with van der Waals surface area (Å²) in [6.45, 7) is 2.13. The van der Waals surface area contributed by atoms with Crippen LogP contribution in [0.15, 0.2) is 11.4 Å². The number of thiophene rings is 1. The molecule has 13 heavy (non-hydrogen) atoms. The van der Waals surface area contributed by atoms with Crippen molar-refractivity contribution in [3.8, 4) is 0 Å². The van der Waals surface area contributed by atoms with E-state index < -0.39 is 0 Å². The Balaban J connectivity index is 1.92. The Morgan fingerprint density at radius 3 is 2.85 bits per heavy atom. The Kier molecular flexibility index (Phi) is 2.70. The molecule has 72 valence electrons. The summed E-state index contributed by atoms with van der Waals surface area (Å²) >= 11 is 1.81. The molecule has 2 N–H and O–H groups in total. The van der Waals surface area contributed by atoms with Gasteiger partial charge in [-0.3, -0.25) is 0 Å². The topological polar surface area (TPSA) is 26.0 Å². The lowest BCUT2D eigenvalue weighted by Gasteiger charge is -2.27. The first-order valence-electron chi connectivity index (χ1n) is 5.06. The molecule has 1 unspecified atom stereocenters. The van der Waals surface area contributed by atoms with Gasteiger partial charge >= 0.3 is 0 Å².